The number of thiazole rings is 1. The van der Waals surface area contributed by atoms with Crippen molar-refractivity contribution in [3.05, 3.63) is 52.4 Å². The molecule has 1 N–H and O–H groups in total. The molecule has 0 aliphatic rings. The van der Waals surface area contributed by atoms with Gasteiger partial charge in [0.25, 0.3) is 0 Å². The van der Waals surface area contributed by atoms with Gasteiger partial charge in [-0.1, -0.05) is 6.92 Å². The molecule has 0 saturated heterocycles. The van der Waals surface area contributed by atoms with E-state index in [4.69, 9.17) is 4.42 Å². The van der Waals surface area contributed by atoms with Crippen molar-refractivity contribution in [2.24, 2.45) is 0 Å². The molecule has 0 bridgehead atoms. The van der Waals surface area contributed by atoms with Crippen LogP contribution in [0.15, 0.2) is 40.4 Å². The Kier molecular flexibility index (Phi) is 3.31. The van der Waals surface area contributed by atoms with E-state index in [-0.39, 0.29) is 11.9 Å². The maximum absolute atomic E-state index is 13.2. The Morgan fingerprint density at radius 3 is 3.05 bits per heavy atom. The van der Waals surface area contributed by atoms with Gasteiger partial charge in [-0.2, -0.15) is 0 Å². The molecule has 5 heteroatoms. The first-order valence-corrected chi connectivity index (χ1v) is 6.96. The quantitative estimate of drug-likeness (QED) is 0.789. The van der Waals surface area contributed by atoms with Crippen LogP contribution in [0.1, 0.15) is 23.6 Å². The number of nitrogens with zero attached hydrogens (tertiary/aromatic N) is 1. The summed E-state index contributed by atoms with van der Waals surface area (Å²) in [5.41, 5.74) is 2.49. The van der Waals surface area contributed by atoms with Crippen LogP contribution in [0, 0.1) is 5.82 Å². The zero-order valence-electron chi connectivity index (χ0n) is 10.4. The monoisotopic (exact) mass is 276 g/mol. The molecule has 0 radical (unpaired) electrons. The molecule has 0 saturated carbocycles. The van der Waals surface area contributed by atoms with Crippen LogP contribution < -0.4 is 5.32 Å². The molecule has 19 heavy (non-hydrogen) atoms. The Hall–Kier alpha value is -1.72. The van der Waals surface area contributed by atoms with Gasteiger partial charge in [0.2, 0.25) is 0 Å². The molecule has 0 fully saturated rings. The van der Waals surface area contributed by atoms with Gasteiger partial charge in [-0.25, -0.2) is 4.39 Å². The lowest BCUT2D eigenvalue weighted by molar-refractivity contribution is 0.480. The predicted octanol–water partition coefficient (Wildman–Crippen LogP) is 3.73. The molecule has 0 spiro atoms. The number of furan rings is 1. The van der Waals surface area contributed by atoms with E-state index in [2.05, 4.69) is 10.3 Å². The summed E-state index contributed by atoms with van der Waals surface area (Å²) in [6, 6.07) is 6.39. The molecule has 0 aliphatic heterocycles. The van der Waals surface area contributed by atoms with Crippen LogP contribution in [-0.2, 0) is 0 Å². The summed E-state index contributed by atoms with van der Waals surface area (Å²) in [6.45, 7) is 2.85. The average Bonchev–Trinajstić information content (AvgIpc) is 3.04. The maximum Gasteiger partial charge on any atom is 0.134 e. The molecule has 1 unspecified atom stereocenters. The molecule has 0 amide bonds. The first-order chi connectivity index (χ1) is 9.28. The fourth-order valence-electron chi connectivity index (χ4n) is 2.09. The van der Waals surface area contributed by atoms with Crippen LogP contribution in [0.5, 0.6) is 0 Å². The lowest BCUT2D eigenvalue weighted by atomic mass is 10.1. The fourth-order valence-corrected chi connectivity index (χ4v) is 2.79. The first kappa shape index (κ1) is 12.3. The summed E-state index contributed by atoms with van der Waals surface area (Å²) in [5, 5.41) is 4.14. The summed E-state index contributed by atoms with van der Waals surface area (Å²) in [5.74, 6) is 0.532. The van der Waals surface area contributed by atoms with E-state index in [0.717, 1.165) is 22.6 Å². The van der Waals surface area contributed by atoms with Gasteiger partial charge in [-0.15, -0.1) is 11.3 Å². The fraction of sp³-hybridized carbons (Fsp3) is 0.214. The number of fused-ring (bicyclic) bond motifs is 1. The molecule has 98 valence electrons. The molecule has 3 rings (SSSR count). The Balaban J connectivity index is 2.05. The molecule has 1 atom stereocenters. The summed E-state index contributed by atoms with van der Waals surface area (Å²) >= 11 is 1.57. The number of hydrogen-bond acceptors (Lipinski definition) is 4. The third kappa shape index (κ3) is 2.39. The van der Waals surface area contributed by atoms with E-state index in [0.29, 0.717) is 5.58 Å². The van der Waals surface area contributed by atoms with E-state index >= 15 is 0 Å². The Bertz CT molecular complexity index is 678. The van der Waals surface area contributed by atoms with Gasteiger partial charge < -0.3 is 9.73 Å². The highest BCUT2D eigenvalue weighted by molar-refractivity contribution is 7.09. The molecule has 2 aromatic heterocycles. The van der Waals surface area contributed by atoms with Crippen molar-refractivity contribution >= 4 is 22.3 Å². The second kappa shape index (κ2) is 5.11. The SMILES string of the molecule is CCNC(c1cc2cc(F)ccc2o1)c1cncs1. The van der Waals surface area contributed by atoms with Crippen molar-refractivity contribution in [2.45, 2.75) is 13.0 Å². The predicted molar refractivity (Wildman–Crippen MR) is 73.8 cm³/mol. The van der Waals surface area contributed by atoms with Gasteiger partial charge in [0.1, 0.15) is 23.2 Å². The van der Waals surface area contributed by atoms with E-state index in [1.54, 1.807) is 22.9 Å². The Labute approximate surface area is 114 Å². The summed E-state index contributed by atoms with van der Waals surface area (Å²) < 4.78 is 19.0. The van der Waals surface area contributed by atoms with E-state index in [9.17, 15) is 4.39 Å². The van der Waals surface area contributed by atoms with Gasteiger partial charge in [-0.05, 0) is 30.8 Å². The molecular formula is C14H13FN2OS. The van der Waals surface area contributed by atoms with Gasteiger partial charge >= 0.3 is 0 Å². The van der Waals surface area contributed by atoms with Crippen molar-refractivity contribution in [1.29, 1.82) is 0 Å². The van der Waals surface area contributed by atoms with Gasteiger partial charge in [0.15, 0.2) is 0 Å². The summed E-state index contributed by atoms with van der Waals surface area (Å²) in [7, 11) is 0. The minimum Gasteiger partial charge on any atom is -0.459 e. The summed E-state index contributed by atoms with van der Waals surface area (Å²) in [6.07, 6.45) is 1.83. The number of nitrogens with one attached hydrogen (secondary N) is 1. The Morgan fingerprint density at radius 2 is 2.32 bits per heavy atom. The van der Waals surface area contributed by atoms with Crippen LogP contribution in [0.4, 0.5) is 4.39 Å². The molecule has 2 heterocycles. The number of rotatable bonds is 4. The molecule has 3 aromatic rings. The number of hydrogen-bond donors (Lipinski definition) is 1. The van der Waals surface area contributed by atoms with E-state index < -0.39 is 0 Å². The third-order valence-electron chi connectivity index (χ3n) is 2.93. The van der Waals surface area contributed by atoms with Crippen LogP contribution in [0.25, 0.3) is 11.0 Å². The van der Waals surface area contributed by atoms with Gasteiger partial charge in [0, 0.05) is 16.5 Å². The van der Waals surface area contributed by atoms with Crippen LogP contribution in [0.2, 0.25) is 0 Å². The minimum atomic E-state index is -0.252. The van der Waals surface area contributed by atoms with Crippen molar-refractivity contribution in [2.75, 3.05) is 6.54 Å². The van der Waals surface area contributed by atoms with Crippen LogP contribution in [0.3, 0.4) is 0 Å². The minimum absolute atomic E-state index is 0.0343. The van der Waals surface area contributed by atoms with Gasteiger partial charge in [-0.3, -0.25) is 4.98 Å². The van der Waals surface area contributed by atoms with Gasteiger partial charge in [0.05, 0.1) is 5.51 Å². The lowest BCUT2D eigenvalue weighted by Crippen LogP contribution is -2.20. The summed E-state index contributed by atoms with van der Waals surface area (Å²) in [4.78, 5) is 5.18. The second-order valence-corrected chi connectivity index (χ2v) is 5.14. The zero-order valence-corrected chi connectivity index (χ0v) is 11.2. The smallest absolute Gasteiger partial charge is 0.134 e. The highest BCUT2D eigenvalue weighted by Crippen LogP contribution is 2.30. The third-order valence-corrected chi connectivity index (χ3v) is 3.77. The number of aromatic nitrogens is 1. The molecule has 3 nitrogen and oxygen atoms in total. The number of benzene rings is 1. The zero-order chi connectivity index (χ0) is 13.2. The first-order valence-electron chi connectivity index (χ1n) is 6.08. The number of halogens is 1. The lowest BCUT2D eigenvalue weighted by Gasteiger charge is -2.12. The van der Waals surface area contributed by atoms with Crippen molar-refractivity contribution in [3.63, 3.8) is 0 Å². The van der Waals surface area contributed by atoms with Crippen molar-refractivity contribution < 1.29 is 8.81 Å². The van der Waals surface area contributed by atoms with Crippen LogP contribution >= 0.6 is 11.3 Å². The highest BCUT2D eigenvalue weighted by Gasteiger charge is 2.19. The van der Waals surface area contributed by atoms with Crippen molar-refractivity contribution in [1.82, 2.24) is 10.3 Å². The highest BCUT2D eigenvalue weighted by atomic mass is 32.1. The molecular weight excluding hydrogens is 263 g/mol. The largest absolute Gasteiger partial charge is 0.459 e. The normalized spacial score (nSPS) is 12.9. The second-order valence-electron chi connectivity index (χ2n) is 4.23. The topological polar surface area (TPSA) is 38.1 Å². The standard InChI is InChI=1S/C14H13FN2OS/c1-2-17-14(13-7-16-8-19-13)12-6-9-5-10(15)3-4-11(9)18-12/h3-8,14,17H,2H2,1H3. The average molecular weight is 276 g/mol. The Morgan fingerprint density at radius 1 is 1.42 bits per heavy atom. The molecule has 1 aromatic carbocycles. The van der Waals surface area contributed by atoms with Crippen LogP contribution in [-0.4, -0.2) is 11.5 Å². The maximum atomic E-state index is 13.2. The molecule has 0 aliphatic carbocycles. The van der Waals surface area contributed by atoms with E-state index in [1.165, 1.54) is 12.1 Å². The van der Waals surface area contributed by atoms with E-state index in [1.807, 2.05) is 19.2 Å². The van der Waals surface area contributed by atoms with Crippen molar-refractivity contribution in [3.8, 4) is 0 Å².